The summed E-state index contributed by atoms with van der Waals surface area (Å²) in [4.78, 5) is 0. The van der Waals surface area contributed by atoms with Crippen molar-refractivity contribution in [2.45, 2.75) is 38.7 Å². The Bertz CT molecular complexity index is 441. The average molecular weight is 244 g/mol. The molecule has 0 radical (unpaired) electrons. The molecule has 0 saturated carbocycles. The Morgan fingerprint density at radius 2 is 2.28 bits per heavy atom. The fourth-order valence-corrected chi connectivity index (χ4v) is 1.75. The molecule has 0 spiro atoms. The normalized spacial score (nSPS) is 13.1. The average Bonchev–Trinajstić information content (AvgIpc) is 2.36. The summed E-state index contributed by atoms with van der Waals surface area (Å²) in [5, 5.41) is 18.6. The third-order valence-electron chi connectivity index (χ3n) is 2.84. The first-order chi connectivity index (χ1) is 8.61. The van der Waals surface area contributed by atoms with Crippen LogP contribution in [0.3, 0.4) is 0 Å². The Balaban J connectivity index is 2.34. The van der Waals surface area contributed by atoms with E-state index in [1.807, 2.05) is 19.1 Å². The van der Waals surface area contributed by atoms with Crippen LogP contribution in [-0.4, -0.2) is 16.3 Å². The lowest BCUT2D eigenvalue weighted by Gasteiger charge is -2.04. The van der Waals surface area contributed by atoms with Gasteiger partial charge in [-0.05, 0) is 50.3 Å². The molecule has 0 saturated heterocycles. The van der Waals surface area contributed by atoms with Crippen LogP contribution in [0.4, 0.5) is 0 Å². The number of phenols is 1. The molecule has 2 heteroatoms. The van der Waals surface area contributed by atoms with Crippen LogP contribution in [0.25, 0.3) is 0 Å². The molecule has 0 aliphatic heterocycles. The van der Waals surface area contributed by atoms with Crippen molar-refractivity contribution in [1.82, 2.24) is 0 Å². The predicted molar refractivity (Wildman–Crippen MR) is 74.3 cm³/mol. The second kappa shape index (κ2) is 7.58. The molecule has 0 amide bonds. The van der Waals surface area contributed by atoms with Crippen molar-refractivity contribution < 1.29 is 10.2 Å². The summed E-state index contributed by atoms with van der Waals surface area (Å²) in [5.41, 5.74) is 2.37. The van der Waals surface area contributed by atoms with Gasteiger partial charge in [0.05, 0.1) is 0 Å². The van der Waals surface area contributed by atoms with Crippen LogP contribution >= 0.6 is 0 Å². The van der Waals surface area contributed by atoms with E-state index in [0.717, 1.165) is 24.8 Å². The van der Waals surface area contributed by atoms with E-state index in [2.05, 4.69) is 12.0 Å². The molecule has 1 aromatic carbocycles. The molecule has 1 rings (SSSR count). The SMILES string of the molecule is C#C[C@H](O)CCC(C)=CCCc1cccc(O)c1. The summed E-state index contributed by atoms with van der Waals surface area (Å²) in [6.07, 6.45) is 9.90. The van der Waals surface area contributed by atoms with E-state index in [9.17, 15) is 10.2 Å². The maximum absolute atomic E-state index is 9.33. The van der Waals surface area contributed by atoms with E-state index in [-0.39, 0.29) is 0 Å². The number of rotatable bonds is 6. The molecule has 0 heterocycles. The van der Waals surface area contributed by atoms with Gasteiger partial charge in [0.15, 0.2) is 0 Å². The van der Waals surface area contributed by atoms with Crippen molar-refractivity contribution >= 4 is 0 Å². The number of aromatic hydroxyl groups is 1. The van der Waals surface area contributed by atoms with Crippen LogP contribution in [0.15, 0.2) is 35.9 Å². The molecular weight excluding hydrogens is 224 g/mol. The van der Waals surface area contributed by atoms with Gasteiger partial charge >= 0.3 is 0 Å². The highest BCUT2D eigenvalue weighted by molar-refractivity contribution is 5.27. The predicted octanol–water partition coefficient (Wildman–Crippen LogP) is 3.05. The van der Waals surface area contributed by atoms with Crippen LogP contribution in [0.1, 0.15) is 31.7 Å². The fraction of sp³-hybridized carbons (Fsp3) is 0.375. The lowest BCUT2D eigenvalue weighted by atomic mass is 10.0. The topological polar surface area (TPSA) is 40.5 Å². The van der Waals surface area contributed by atoms with Crippen molar-refractivity contribution in [3.05, 3.63) is 41.5 Å². The molecule has 0 bridgehead atoms. The number of hydrogen-bond donors (Lipinski definition) is 2. The smallest absolute Gasteiger partial charge is 0.115 e. The second-order valence-corrected chi connectivity index (χ2v) is 4.48. The number of aryl methyl sites for hydroxylation is 1. The quantitative estimate of drug-likeness (QED) is 0.596. The molecule has 0 unspecified atom stereocenters. The van der Waals surface area contributed by atoms with Gasteiger partial charge in [0.25, 0.3) is 0 Å². The second-order valence-electron chi connectivity index (χ2n) is 4.48. The summed E-state index contributed by atoms with van der Waals surface area (Å²) in [7, 11) is 0. The summed E-state index contributed by atoms with van der Waals surface area (Å²) >= 11 is 0. The highest BCUT2D eigenvalue weighted by Crippen LogP contribution is 2.14. The number of benzene rings is 1. The van der Waals surface area contributed by atoms with Gasteiger partial charge in [-0.15, -0.1) is 6.42 Å². The van der Waals surface area contributed by atoms with Gasteiger partial charge in [-0.2, -0.15) is 0 Å². The van der Waals surface area contributed by atoms with Crippen LogP contribution in [0.2, 0.25) is 0 Å². The Kier molecular flexibility index (Phi) is 6.04. The van der Waals surface area contributed by atoms with E-state index in [4.69, 9.17) is 6.42 Å². The molecule has 2 N–H and O–H groups in total. The summed E-state index contributed by atoms with van der Waals surface area (Å²) in [6.45, 7) is 2.05. The Morgan fingerprint density at radius 3 is 2.94 bits per heavy atom. The summed E-state index contributed by atoms with van der Waals surface area (Å²) in [5.74, 6) is 2.62. The summed E-state index contributed by atoms with van der Waals surface area (Å²) < 4.78 is 0. The Morgan fingerprint density at radius 1 is 1.50 bits per heavy atom. The molecule has 18 heavy (non-hydrogen) atoms. The minimum atomic E-state index is -0.639. The zero-order chi connectivity index (χ0) is 13.4. The van der Waals surface area contributed by atoms with Gasteiger partial charge in [-0.25, -0.2) is 0 Å². The third kappa shape index (κ3) is 5.56. The number of terminal acetylenes is 1. The number of hydrogen-bond acceptors (Lipinski definition) is 2. The van der Waals surface area contributed by atoms with Gasteiger partial charge in [-0.3, -0.25) is 0 Å². The van der Waals surface area contributed by atoms with Gasteiger partial charge in [0.1, 0.15) is 11.9 Å². The van der Waals surface area contributed by atoms with Crippen molar-refractivity contribution in [3.63, 3.8) is 0 Å². The van der Waals surface area contributed by atoms with Gasteiger partial charge < -0.3 is 10.2 Å². The Hall–Kier alpha value is -1.72. The van der Waals surface area contributed by atoms with Crippen molar-refractivity contribution in [3.8, 4) is 18.1 Å². The first kappa shape index (κ1) is 14.3. The van der Waals surface area contributed by atoms with Crippen molar-refractivity contribution in [1.29, 1.82) is 0 Å². The van der Waals surface area contributed by atoms with Crippen molar-refractivity contribution in [2.24, 2.45) is 0 Å². The first-order valence-corrected chi connectivity index (χ1v) is 6.19. The molecule has 2 nitrogen and oxygen atoms in total. The van der Waals surface area contributed by atoms with E-state index >= 15 is 0 Å². The monoisotopic (exact) mass is 244 g/mol. The van der Waals surface area contributed by atoms with Gasteiger partial charge in [0, 0.05) is 0 Å². The van der Waals surface area contributed by atoms with Crippen LogP contribution in [-0.2, 0) is 6.42 Å². The summed E-state index contributed by atoms with van der Waals surface area (Å²) in [6, 6.07) is 7.31. The largest absolute Gasteiger partial charge is 0.508 e. The molecule has 1 atom stereocenters. The molecule has 0 fully saturated rings. The zero-order valence-electron chi connectivity index (χ0n) is 10.8. The van der Waals surface area contributed by atoms with E-state index in [1.165, 1.54) is 5.57 Å². The highest BCUT2D eigenvalue weighted by atomic mass is 16.3. The van der Waals surface area contributed by atoms with Crippen molar-refractivity contribution in [2.75, 3.05) is 0 Å². The zero-order valence-corrected chi connectivity index (χ0v) is 10.8. The van der Waals surface area contributed by atoms with E-state index in [1.54, 1.807) is 12.1 Å². The number of aliphatic hydroxyl groups excluding tert-OH is 1. The third-order valence-corrected chi connectivity index (χ3v) is 2.84. The molecule has 0 aromatic heterocycles. The number of allylic oxidation sites excluding steroid dienone is 2. The lowest BCUT2D eigenvalue weighted by Crippen LogP contribution is -2.01. The minimum Gasteiger partial charge on any atom is -0.508 e. The fourth-order valence-electron chi connectivity index (χ4n) is 1.75. The van der Waals surface area contributed by atoms with Gasteiger partial charge in [0.2, 0.25) is 0 Å². The van der Waals surface area contributed by atoms with Gasteiger partial charge in [-0.1, -0.05) is 29.7 Å². The highest BCUT2D eigenvalue weighted by Gasteiger charge is 1.99. The lowest BCUT2D eigenvalue weighted by molar-refractivity contribution is 0.222. The maximum Gasteiger partial charge on any atom is 0.115 e. The molecule has 0 aliphatic carbocycles. The number of phenolic OH excluding ortho intramolecular Hbond substituents is 1. The van der Waals surface area contributed by atoms with Crippen LogP contribution < -0.4 is 0 Å². The van der Waals surface area contributed by atoms with E-state index in [0.29, 0.717) is 12.2 Å². The standard InChI is InChI=1S/C16H20O2/c1-3-15(17)11-10-13(2)6-4-7-14-8-5-9-16(18)12-14/h1,5-6,8-9,12,15,17-18H,4,7,10-11H2,2H3/t15-/m0/s1. The molecular formula is C16H20O2. The van der Waals surface area contributed by atoms with E-state index < -0.39 is 6.10 Å². The Labute approximate surface area is 109 Å². The maximum atomic E-state index is 9.33. The van der Waals surface area contributed by atoms with Crippen LogP contribution in [0.5, 0.6) is 5.75 Å². The molecule has 1 aromatic rings. The minimum absolute atomic E-state index is 0.311. The molecule has 96 valence electrons. The number of aliphatic hydroxyl groups is 1. The first-order valence-electron chi connectivity index (χ1n) is 6.19. The molecule has 0 aliphatic rings. The van der Waals surface area contributed by atoms with Crippen LogP contribution in [0, 0.1) is 12.3 Å².